The molecule has 2 heterocycles. The predicted octanol–water partition coefficient (Wildman–Crippen LogP) is -0.171. The van der Waals surface area contributed by atoms with Crippen molar-refractivity contribution in [3.05, 3.63) is 0 Å². The lowest BCUT2D eigenvalue weighted by molar-refractivity contribution is -0.208. The summed E-state index contributed by atoms with van der Waals surface area (Å²) >= 11 is 1.33. The van der Waals surface area contributed by atoms with Gasteiger partial charge >= 0.3 is 17.9 Å². The van der Waals surface area contributed by atoms with E-state index in [0.717, 1.165) is 0 Å². The second-order valence-corrected chi connectivity index (χ2v) is 6.37. The van der Waals surface area contributed by atoms with Gasteiger partial charge in [0.2, 0.25) is 0 Å². The number of nitrogens with zero attached hydrogens (tertiary/aromatic N) is 1. The first-order valence-corrected chi connectivity index (χ1v) is 8.25. The number of ether oxygens (including phenoxy) is 4. The van der Waals surface area contributed by atoms with E-state index >= 15 is 0 Å². The Morgan fingerprint density at radius 2 is 1.75 bits per heavy atom. The van der Waals surface area contributed by atoms with E-state index in [0.29, 0.717) is 5.17 Å². The highest BCUT2D eigenvalue weighted by Gasteiger charge is 2.53. The Bertz CT molecular complexity index is 553. The molecule has 5 atom stereocenters. The molecule has 0 amide bonds. The standard InChI is InChI=1S/C14H20N2O7S/c1-6(17)20-5-9-11(21-7(2)18)12(22-8(3)19)10-13(23-9)24-14(15-4)16-10/h9-13H,5H2,1-4H3,(H,15,16)/t9-,10-,11-,12-,13-/m1/s1. The van der Waals surface area contributed by atoms with Crippen LogP contribution in [-0.4, -0.2) is 66.5 Å². The van der Waals surface area contributed by atoms with Crippen LogP contribution in [0, 0.1) is 0 Å². The molecule has 0 aromatic rings. The van der Waals surface area contributed by atoms with E-state index in [4.69, 9.17) is 18.9 Å². The van der Waals surface area contributed by atoms with Crippen molar-refractivity contribution >= 4 is 34.8 Å². The summed E-state index contributed by atoms with van der Waals surface area (Å²) in [7, 11) is 1.71. The van der Waals surface area contributed by atoms with Crippen molar-refractivity contribution in [2.75, 3.05) is 13.7 Å². The molecular weight excluding hydrogens is 340 g/mol. The minimum Gasteiger partial charge on any atom is -0.463 e. The normalized spacial score (nSPS) is 31.5. The van der Waals surface area contributed by atoms with Crippen molar-refractivity contribution in [3.8, 4) is 0 Å². The van der Waals surface area contributed by atoms with Gasteiger partial charge in [0.15, 0.2) is 17.4 Å². The molecule has 0 aromatic carbocycles. The number of hydrogen-bond donors (Lipinski definition) is 1. The summed E-state index contributed by atoms with van der Waals surface area (Å²) in [4.78, 5) is 38.5. The van der Waals surface area contributed by atoms with Crippen LogP contribution in [-0.2, 0) is 33.3 Å². The number of aliphatic imine (C=N–C) groups is 1. The Balaban J connectivity index is 2.27. The Morgan fingerprint density at radius 1 is 1.12 bits per heavy atom. The molecule has 1 fully saturated rings. The molecule has 9 nitrogen and oxygen atoms in total. The Labute approximate surface area is 143 Å². The third-order valence-corrected chi connectivity index (χ3v) is 4.53. The zero-order valence-electron chi connectivity index (χ0n) is 13.8. The molecule has 2 aliphatic heterocycles. The monoisotopic (exact) mass is 360 g/mol. The van der Waals surface area contributed by atoms with Gasteiger partial charge in [0, 0.05) is 27.8 Å². The van der Waals surface area contributed by atoms with E-state index in [9.17, 15) is 14.4 Å². The van der Waals surface area contributed by atoms with E-state index in [1.807, 2.05) is 0 Å². The van der Waals surface area contributed by atoms with Gasteiger partial charge in [-0.2, -0.15) is 0 Å². The first-order chi connectivity index (χ1) is 11.3. The summed E-state index contributed by atoms with van der Waals surface area (Å²) in [5, 5.41) is 3.54. The lowest BCUT2D eigenvalue weighted by Gasteiger charge is -2.41. The molecule has 24 heavy (non-hydrogen) atoms. The highest BCUT2D eigenvalue weighted by Crippen LogP contribution is 2.38. The van der Waals surface area contributed by atoms with Crippen LogP contribution in [0.15, 0.2) is 4.99 Å². The summed E-state index contributed by atoms with van der Waals surface area (Å²) in [6, 6.07) is -0.528. The van der Waals surface area contributed by atoms with Crippen molar-refractivity contribution in [1.29, 1.82) is 0 Å². The molecule has 0 aliphatic carbocycles. The first kappa shape index (κ1) is 18.5. The van der Waals surface area contributed by atoms with Crippen molar-refractivity contribution in [1.82, 2.24) is 5.32 Å². The van der Waals surface area contributed by atoms with Crippen molar-refractivity contribution in [2.24, 2.45) is 4.99 Å². The average molecular weight is 360 g/mol. The molecule has 0 saturated carbocycles. The molecule has 10 heteroatoms. The molecule has 2 rings (SSSR count). The van der Waals surface area contributed by atoms with Gasteiger partial charge in [-0.15, -0.1) is 0 Å². The van der Waals surface area contributed by atoms with E-state index in [1.54, 1.807) is 7.05 Å². The number of rotatable bonds is 4. The Morgan fingerprint density at radius 3 is 2.29 bits per heavy atom. The second-order valence-electron chi connectivity index (χ2n) is 5.29. The number of carbonyl (C=O) groups is 3. The number of hydrogen-bond acceptors (Lipinski definition) is 10. The minimum absolute atomic E-state index is 0.121. The SMILES string of the molecule is CNC1=N[C@@H]2[C@@H](OC(C)=O)[C@H](OC(C)=O)[C@@H](COC(C)=O)O[C@@H]2S1. The number of carbonyl (C=O) groups excluding carboxylic acids is 3. The van der Waals surface area contributed by atoms with E-state index in [-0.39, 0.29) is 6.61 Å². The second kappa shape index (κ2) is 7.84. The van der Waals surface area contributed by atoms with Crippen molar-refractivity contribution in [3.63, 3.8) is 0 Å². The maximum atomic E-state index is 11.5. The third-order valence-electron chi connectivity index (χ3n) is 3.38. The Hall–Kier alpha value is -1.81. The highest BCUT2D eigenvalue weighted by molar-refractivity contribution is 8.14. The zero-order chi connectivity index (χ0) is 17.9. The Kier molecular flexibility index (Phi) is 6.05. The van der Waals surface area contributed by atoms with Gasteiger partial charge in [0.1, 0.15) is 24.2 Å². The van der Waals surface area contributed by atoms with Crippen LogP contribution in [0.5, 0.6) is 0 Å². The lowest BCUT2D eigenvalue weighted by Crippen LogP contribution is -2.59. The largest absolute Gasteiger partial charge is 0.463 e. The van der Waals surface area contributed by atoms with E-state index in [2.05, 4.69) is 10.3 Å². The first-order valence-electron chi connectivity index (χ1n) is 7.37. The number of nitrogens with one attached hydrogen (secondary N) is 1. The van der Waals surface area contributed by atoms with Crippen molar-refractivity contribution in [2.45, 2.75) is 50.6 Å². The molecule has 134 valence electrons. The molecule has 1 saturated heterocycles. The van der Waals surface area contributed by atoms with Crippen LogP contribution in [0.25, 0.3) is 0 Å². The van der Waals surface area contributed by atoms with Crippen molar-refractivity contribution < 1.29 is 33.3 Å². The maximum Gasteiger partial charge on any atom is 0.303 e. The number of esters is 3. The van der Waals surface area contributed by atoms with E-state index < -0.39 is 47.7 Å². The summed E-state index contributed by atoms with van der Waals surface area (Å²) in [5.74, 6) is -1.57. The summed E-state index contributed by atoms with van der Waals surface area (Å²) in [6.45, 7) is 3.65. The summed E-state index contributed by atoms with van der Waals surface area (Å²) in [6.07, 6.45) is -2.51. The molecule has 0 bridgehead atoms. The average Bonchev–Trinajstić information content (AvgIpc) is 2.89. The van der Waals surface area contributed by atoms with Crippen LogP contribution in [0.3, 0.4) is 0 Å². The predicted molar refractivity (Wildman–Crippen MR) is 84.3 cm³/mol. The fraction of sp³-hybridized carbons (Fsp3) is 0.714. The molecule has 0 radical (unpaired) electrons. The zero-order valence-corrected chi connectivity index (χ0v) is 14.6. The van der Waals surface area contributed by atoms with Crippen LogP contribution in [0.4, 0.5) is 0 Å². The summed E-state index contributed by atoms with van der Waals surface area (Å²) < 4.78 is 21.5. The fourth-order valence-electron chi connectivity index (χ4n) is 2.52. The van der Waals surface area contributed by atoms with Gasteiger partial charge in [-0.1, -0.05) is 11.8 Å². The smallest absolute Gasteiger partial charge is 0.303 e. The third kappa shape index (κ3) is 4.38. The molecule has 2 aliphatic rings. The summed E-state index contributed by atoms with van der Waals surface area (Å²) in [5.41, 5.74) is -0.441. The van der Waals surface area contributed by atoms with Crippen LogP contribution >= 0.6 is 11.8 Å². The quantitative estimate of drug-likeness (QED) is 0.539. The van der Waals surface area contributed by atoms with Gasteiger partial charge in [-0.25, -0.2) is 0 Å². The van der Waals surface area contributed by atoms with Crippen LogP contribution in [0.2, 0.25) is 0 Å². The van der Waals surface area contributed by atoms with Crippen LogP contribution in [0.1, 0.15) is 20.8 Å². The maximum absolute atomic E-state index is 11.5. The number of thioether (sulfide) groups is 1. The van der Waals surface area contributed by atoms with E-state index in [1.165, 1.54) is 32.5 Å². The molecule has 0 spiro atoms. The molecular formula is C14H20N2O7S. The van der Waals surface area contributed by atoms with Crippen LogP contribution < -0.4 is 5.32 Å². The van der Waals surface area contributed by atoms with Gasteiger partial charge in [-0.3, -0.25) is 19.4 Å². The van der Waals surface area contributed by atoms with Gasteiger partial charge in [-0.05, 0) is 0 Å². The van der Waals surface area contributed by atoms with Gasteiger partial charge in [0.25, 0.3) is 0 Å². The fourth-order valence-corrected chi connectivity index (χ4v) is 3.59. The molecule has 0 unspecified atom stereocenters. The van der Waals surface area contributed by atoms with Gasteiger partial charge in [0.05, 0.1) is 0 Å². The molecule has 0 aromatic heterocycles. The van der Waals surface area contributed by atoms with Gasteiger partial charge < -0.3 is 24.3 Å². The number of amidine groups is 1. The number of fused-ring (bicyclic) bond motifs is 1. The molecule has 1 N–H and O–H groups in total. The minimum atomic E-state index is -0.924. The lowest BCUT2D eigenvalue weighted by atomic mass is 9.98. The highest BCUT2D eigenvalue weighted by atomic mass is 32.2. The topological polar surface area (TPSA) is 113 Å².